The van der Waals surface area contributed by atoms with Gasteiger partial charge in [-0.3, -0.25) is 0 Å². The number of fused-ring (bicyclic) bond motifs is 3. The van der Waals surface area contributed by atoms with E-state index in [0.29, 0.717) is 31.1 Å². The van der Waals surface area contributed by atoms with Gasteiger partial charge in [0.15, 0.2) is 5.82 Å². The quantitative estimate of drug-likeness (QED) is 0.666. The molecule has 0 aliphatic carbocycles. The van der Waals surface area contributed by atoms with Gasteiger partial charge in [-0.05, 0) is 43.2 Å². The summed E-state index contributed by atoms with van der Waals surface area (Å²) in [6, 6.07) is 9.77. The Morgan fingerprint density at radius 1 is 1.11 bits per heavy atom. The van der Waals surface area contributed by atoms with Crippen LogP contribution >= 0.6 is 11.6 Å². The van der Waals surface area contributed by atoms with Crippen molar-refractivity contribution < 1.29 is 8.42 Å². The average Bonchev–Trinajstić information content (AvgIpc) is 2.98. The van der Waals surface area contributed by atoms with Crippen LogP contribution in [0.25, 0.3) is 16.6 Å². The number of sulfonamides is 1. The lowest BCUT2D eigenvalue weighted by atomic mass is 10.2. The van der Waals surface area contributed by atoms with Crippen molar-refractivity contribution in [3.8, 4) is 0 Å². The maximum Gasteiger partial charge on any atom is 0.214 e. The average molecular weight is 407 g/mol. The van der Waals surface area contributed by atoms with Crippen LogP contribution in [0.2, 0.25) is 5.02 Å². The van der Waals surface area contributed by atoms with E-state index in [1.807, 2.05) is 43.5 Å². The molecule has 3 heterocycles. The van der Waals surface area contributed by atoms with Gasteiger partial charge >= 0.3 is 0 Å². The van der Waals surface area contributed by atoms with Crippen LogP contribution in [-0.2, 0) is 10.0 Å². The number of halogens is 1. The summed E-state index contributed by atoms with van der Waals surface area (Å²) in [6.07, 6.45) is 3.44. The largest absolute Gasteiger partial charge is 0.353 e. The molecule has 0 spiro atoms. The molecule has 2 aromatic heterocycles. The molecule has 0 atom stereocenters. The predicted octanol–water partition coefficient (Wildman–Crippen LogP) is 3.39. The molecule has 3 aromatic rings. The number of nitrogens with zero attached hydrogens (tertiary/aromatic N) is 4. The molecule has 8 heteroatoms. The van der Waals surface area contributed by atoms with Crippen molar-refractivity contribution in [1.82, 2.24) is 13.7 Å². The zero-order valence-electron chi connectivity index (χ0n) is 15.3. The van der Waals surface area contributed by atoms with Crippen molar-refractivity contribution in [2.45, 2.75) is 19.8 Å². The third-order valence-electron chi connectivity index (χ3n) is 5.01. The molecule has 1 aliphatic heterocycles. The second kappa shape index (κ2) is 7.30. The summed E-state index contributed by atoms with van der Waals surface area (Å²) in [7, 11) is -3.17. The molecule has 144 valence electrons. The molecule has 4 rings (SSSR count). The minimum atomic E-state index is -3.17. The Morgan fingerprint density at radius 2 is 1.96 bits per heavy atom. The van der Waals surface area contributed by atoms with Crippen molar-refractivity contribution in [3.05, 3.63) is 41.6 Å². The second-order valence-corrected chi connectivity index (χ2v) is 9.41. The second-order valence-electron chi connectivity index (χ2n) is 6.89. The molecule has 1 aromatic carbocycles. The van der Waals surface area contributed by atoms with Crippen molar-refractivity contribution >= 4 is 44.0 Å². The Labute approximate surface area is 164 Å². The highest BCUT2D eigenvalue weighted by molar-refractivity contribution is 7.89. The summed E-state index contributed by atoms with van der Waals surface area (Å²) < 4.78 is 28.6. The number of hydrogen-bond acceptors (Lipinski definition) is 4. The van der Waals surface area contributed by atoms with Crippen LogP contribution in [0, 0.1) is 0 Å². The van der Waals surface area contributed by atoms with Crippen LogP contribution in [0.1, 0.15) is 19.8 Å². The molecule has 0 saturated carbocycles. The lowest BCUT2D eigenvalue weighted by molar-refractivity contribution is 0.432. The maximum absolute atomic E-state index is 12.4. The molecule has 0 unspecified atom stereocenters. The first kappa shape index (κ1) is 18.5. The van der Waals surface area contributed by atoms with E-state index in [-0.39, 0.29) is 5.75 Å². The molecule has 0 bridgehead atoms. The third kappa shape index (κ3) is 3.51. The summed E-state index contributed by atoms with van der Waals surface area (Å²) >= 11 is 6.17. The summed E-state index contributed by atoms with van der Waals surface area (Å²) in [6.45, 7) is 4.36. The van der Waals surface area contributed by atoms with Gasteiger partial charge in [-0.1, -0.05) is 18.5 Å². The lowest BCUT2D eigenvalue weighted by Crippen LogP contribution is -2.36. The topological polar surface area (TPSA) is 57.9 Å². The lowest BCUT2D eigenvalue weighted by Gasteiger charge is -2.24. The zero-order valence-corrected chi connectivity index (χ0v) is 16.9. The van der Waals surface area contributed by atoms with E-state index in [9.17, 15) is 8.42 Å². The van der Waals surface area contributed by atoms with Gasteiger partial charge in [0, 0.05) is 37.4 Å². The third-order valence-corrected chi connectivity index (χ3v) is 7.32. The summed E-state index contributed by atoms with van der Waals surface area (Å²) in [5.74, 6) is 1.09. The van der Waals surface area contributed by atoms with Gasteiger partial charge in [0.05, 0.1) is 22.3 Å². The normalized spacial score (nSPS) is 16.9. The van der Waals surface area contributed by atoms with E-state index in [1.54, 1.807) is 4.31 Å². The molecular weight excluding hydrogens is 384 g/mol. The van der Waals surface area contributed by atoms with Crippen LogP contribution in [0.15, 0.2) is 36.5 Å². The first-order chi connectivity index (χ1) is 13.0. The van der Waals surface area contributed by atoms with Crippen molar-refractivity contribution in [3.63, 3.8) is 0 Å². The van der Waals surface area contributed by atoms with Gasteiger partial charge in [0.2, 0.25) is 10.0 Å². The van der Waals surface area contributed by atoms with Gasteiger partial charge in [-0.15, -0.1) is 0 Å². The SMILES string of the molecule is CCCS(=O)(=O)N1CCCN(c2nc3cc(Cl)ccc3n3cccc23)CC1. The Morgan fingerprint density at radius 3 is 2.78 bits per heavy atom. The Bertz CT molecular complexity index is 1080. The first-order valence-electron chi connectivity index (χ1n) is 9.29. The number of anilines is 1. The fourth-order valence-electron chi connectivity index (χ4n) is 3.74. The summed E-state index contributed by atoms with van der Waals surface area (Å²) in [4.78, 5) is 7.07. The van der Waals surface area contributed by atoms with Gasteiger partial charge in [-0.2, -0.15) is 0 Å². The molecule has 1 aliphatic rings. The van der Waals surface area contributed by atoms with Crippen LogP contribution < -0.4 is 4.90 Å². The highest BCUT2D eigenvalue weighted by Crippen LogP contribution is 2.28. The van der Waals surface area contributed by atoms with Gasteiger partial charge in [0.25, 0.3) is 0 Å². The molecule has 27 heavy (non-hydrogen) atoms. The van der Waals surface area contributed by atoms with Crippen LogP contribution in [0.4, 0.5) is 5.82 Å². The standard InChI is InChI=1S/C19H23ClN4O2S/c1-2-13-27(25,26)23-9-4-8-22(11-12-23)19-18-5-3-10-24(18)17-7-6-15(20)14-16(17)21-19/h3,5-7,10,14H,2,4,8-9,11-13H2,1H3. The van der Waals surface area contributed by atoms with E-state index in [1.165, 1.54) is 0 Å². The molecule has 0 radical (unpaired) electrons. The van der Waals surface area contributed by atoms with Gasteiger partial charge in [0.1, 0.15) is 0 Å². The van der Waals surface area contributed by atoms with E-state index in [2.05, 4.69) is 9.30 Å². The van der Waals surface area contributed by atoms with Gasteiger partial charge < -0.3 is 9.30 Å². The molecule has 6 nitrogen and oxygen atoms in total. The fraction of sp³-hybridized carbons (Fsp3) is 0.421. The van der Waals surface area contributed by atoms with Gasteiger partial charge in [-0.25, -0.2) is 17.7 Å². The smallest absolute Gasteiger partial charge is 0.214 e. The van der Waals surface area contributed by atoms with E-state index in [4.69, 9.17) is 16.6 Å². The first-order valence-corrected chi connectivity index (χ1v) is 11.3. The van der Waals surface area contributed by atoms with E-state index >= 15 is 0 Å². The maximum atomic E-state index is 12.4. The number of benzene rings is 1. The Balaban J connectivity index is 1.70. The monoisotopic (exact) mass is 406 g/mol. The molecular formula is C19H23ClN4O2S. The van der Waals surface area contributed by atoms with Crippen molar-refractivity contribution in [2.24, 2.45) is 0 Å². The van der Waals surface area contributed by atoms with Crippen LogP contribution in [0.3, 0.4) is 0 Å². The van der Waals surface area contributed by atoms with Crippen LogP contribution in [-0.4, -0.2) is 54.0 Å². The zero-order chi connectivity index (χ0) is 19.0. The Hall–Kier alpha value is -1.83. The highest BCUT2D eigenvalue weighted by Gasteiger charge is 2.25. The number of hydrogen-bond donors (Lipinski definition) is 0. The summed E-state index contributed by atoms with van der Waals surface area (Å²) in [5.41, 5.74) is 2.86. The van der Waals surface area contributed by atoms with Crippen molar-refractivity contribution in [1.29, 1.82) is 0 Å². The predicted molar refractivity (Wildman–Crippen MR) is 110 cm³/mol. The minimum Gasteiger partial charge on any atom is -0.353 e. The minimum absolute atomic E-state index is 0.211. The molecule has 1 saturated heterocycles. The molecule has 0 amide bonds. The van der Waals surface area contributed by atoms with E-state index < -0.39 is 10.0 Å². The molecule has 0 N–H and O–H groups in total. The Kier molecular flexibility index (Phi) is 5.01. The fourth-order valence-corrected chi connectivity index (χ4v) is 5.45. The highest BCUT2D eigenvalue weighted by atomic mass is 35.5. The van der Waals surface area contributed by atoms with Crippen molar-refractivity contribution in [2.75, 3.05) is 36.8 Å². The summed E-state index contributed by atoms with van der Waals surface area (Å²) in [5, 5.41) is 0.653. The molecule has 1 fully saturated rings. The number of aromatic nitrogens is 2. The number of rotatable bonds is 4. The van der Waals surface area contributed by atoms with E-state index in [0.717, 1.165) is 35.3 Å². The van der Waals surface area contributed by atoms with Crippen LogP contribution in [0.5, 0.6) is 0 Å².